The molecule has 0 aliphatic heterocycles. The molecule has 0 bridgehead atoms. The van der Waals surface area contributed by atoms with E-state index in [-0.39, 0.29) is 5.78 Å². The first-order chi connectivity index (χ1) is 11.1. The van der Waals surface area contributed by atoms with Crippen molar-refractivity contribution in [1.82, 2.24) is 0 Å². The van der Waals surface area contributed by atoms with E-state index in [1.54, 1.807) is 26.4 Å². The molecule has 0 radical (unpaired) electrons. The molecule has 23 heavy (non-hydrogen) atoms. The van der Waals surface area contributed by atoms with E-state index in [9.17, 15) is 9.59 Å². The Kier molecular flexibility index (Phi) is 3.94. The summed E-state index contributed by atoms with van der Waals surface area (Å²) in [7, 11) is 4.50. The molecule has 0 unspecified atom stereocenters. The summed E-state index contributed by atoms with van der Waals surface area (Å²) in [5.41, 5.74) is 3.78. The van der Waals surface area contributed by atoms with Crippen LogP contribution in [0, 0.1) is 0 Å². The molecular formula is C18H18O5. The molecular weight excluding hydrogens is 296 g/mol. The van der Waals surface area contributed by atoms with Crippen LogP contribution >= 0.6 is 0 Å². The normalized spacial score (nSPS) is 16.3. The van der Waals surface area contributed by atoms with Crippen LogP contribution in [0.4, 0.5) is 0 Å². The van der Waals surface area contributed by atoms with Crippen LogP contribution in [0.2, 0.25) is 0 Å². The number of benzene rings is 1. The third-order valence-corrected chi connectivity index (χ3v) is 4.31. The minimum Gasteiger partial charge on any atom is -0.497 e. The largest absolute Gasteiger partial charge is 0.497 e. The van der Waals surface area contributed by atoms with Crippen LogP contribution in [-0.4, -0.2) is 33.1 Å². The topological polar surface area (TPSA) is 61.8 Å². The Balaban J connectivity index is 2.29. The summed E-state index contributed by atoms with van der Waals surface area (Å²) < 4.78 is 15.7. The fraction of sp³-hybridized carbons (Fsp3) is 0.333. The quantitative estimate of drug-likeness (QED) is 0.803. The minimum atomic E-state index is -0.425. The summed E-state index contributed by atoms with van der Waals surface area (Å²) in [5.74, 6) is 0.935. The number of fused-ring (bicyclic) bond motifs is 2. The summed E-state index contributed by atoms with van der Waals surface area (Å²) in [5, 5.41) is 0. The van der Waals surface area contributed by atoms with Crippen molar-refractivity contribution in [2.75, 3.05) is 21.3 Å². The Morgan fingerprint density at radius 3 is 2.48 bits per heavy atom. The number of esters is 1. The lowest BCUT2D eigenvalue weighted by Gasteiger charge is -2.15. The Hall–Kier alpha value is -2.56. The van der Waals surface area contributed by atoms with Gasteiger partial charge in [0.1, 0.15) is 11.5 Å². The van der Waals surface area contributed by atoms with Crippen LogP contribution in [0.5, 0.6) is 11.5 Å². The van der Waals surface area contributed by atoms with Gasteiger partial charge in [-0.05, 0) is 29.7 Å². The molecule has 2 aliphatic carbocycles. The van der Waals surface area contributed by atoms with Crippen molar-refractivity contribution in [1.29, 1.82) is 0 Å². The predicted molar refractivity (Wildman–Crippen MR) is 85.3 cm³/mol. The molecule has 0 amide bonds. The summed E-state index contributed by atoms with van der Waals surface area (Å²) in [4.78, 5) is 24.3. The van der Waals surface area contributed by atoms with Gasteiger partial charge >= 0.3 is 5.97 Å². The van der Waals surface area contributed by atoms with Crippen molar-refractivity contribution in [3.8, 4) is 11.5 Å². The number of hydrogen-bond donors (Lipinski definition) is 0. The predicted octanol–water partition coefficient (Wildman–Crippen LogP) is 2.78. The van der Waals surface area contributed by atoms with Gasteiger partial charge in [0, 0.05) is 35.6 Å². The van der Waals surface area contributed by atoms with Gasteiger partial charge in [-0.25, -0.2) is 4.79 Å². The lowest BCUT2D eigenvalue weighted by molar-refractivity contribution is -0.136. The van der Waals surface area contributed by atoms with Gasteiger partial charge in [0.05, 0.1) is 21.3 Å². The lowest BCUT2D eigenvalue weighted by Crippen LogP contribution is -2.07. The average molecular weight is 314 g/mol. The lowest BCUT2D eigenvalue weighted by atomic mass is 9.96. The molecule has 0 atom stereocenters. The van der Waals surface area contributed by atoms with Gasteiger partial charge in [-0.1, -0.05) is 0 Å². The van der Waals surface area contributed by atoms with Crippen molar-refractivity contribution >= 4 is 23.4 Å². The zero-order valence-electron chi connectivity index (χ0n) is 13.4. The van der Waals surface area contributed by atoms with Gasteiger partial charge in [0.25, 0.3) is 0 Å². The molecule has 0 N–H and O–H groups in total. The average Bonchev–Trinajstić information content (AvgIpc) is 2.83. The van der Waals surface area contributed by atoms with Crippen molar-refractivity contribution in [3.05, 3.63) is 34.4 Å². The van der Waals surface area contributed by atoms with E-state index in [4.69, 9.17) is 14.2 Å². The number of carbonyl (C=O) groups excluding carboxylic acids is 2. The molecule has 0 aromatic heterocycles. The molecule has 0 saturated heterocycles. The van der Waals surface area contributed by atoms with Crippen molar-refractivity contribution in [2.45, 2.75) is 19.3 Å². The molecule has 1 aromatic rings. The van der Waals surface area contributed by atoms with Gasteiger partial charge in [0.2, 0.25) is 0 Å². The van der Waals surface area contributed by atoms with Crippen LogP contribution in [-0.2, 0) is 14.3 Å². The fourth-order valence-electron chi connectivity index (χ4n) is 3.21. The van der Waals surface area contributed by atoms with E-state index in [1.807, 2.05) is 6.07 Å². The maximum absolute atomic E-state index is 12.2. The molecule has 0 heterocycles. The highest BCUT2D eigenvalue weighted by molar-refractivity contribution is 6.11. The molecule has 0 spiro atoms. The third kappa shape index (κ3) is 2.52. The van der Waals surface area contributed by atoms with Crippen molar-refractivity contribution < 1.29 is 23.8 Å². The monoisotopic (exact) mass is 314 g/mol. The second-order valence-electron chi connectivity index (χ2n) is 5.51. The molecule has 5 heteroatoms. The molecule has 5 nitrogen and oxygen atoms in total. The van der Waals surface area contributed by atoms with Crippen molar-refractivity contribution in [3.63, 3.8) is 0 Å². The highest BCUT2D eigenvalue weighted by Crippen LogP contribution is 2.45. The smallest absolute Gasteiger partial charge is 0.334 e. The van der Waals surface area contributed by atoms with E-state index in [0.717, 1.165) is 16.7 Å². The Bertz CT molecular complexity index is 755. The summed E-state index contributed by atoms with van der Waals surface area (Å²) in [6.45, 7) is 0. The highest BCUT2D eigenvalue weighted by atomic mass is 16.5. The Morgan fingerprint density at radius 2 is 1.83 bits per heavy atom. The van der Waals surface area contributed by atoms with E-state index < -0.39 is 5.97 Å². The fourth-order valence-corrected chi connectivity index (χ4v) is 3.21. The maximum atomic E-state index is 12.2. The van der Waals surface area contributed by atoms with E-state index >= 15 is 0 Å². The SMILES string of the molecule is COC(=O)C1=Cc2cc(OC)cc(OC)c2C2=C(C1)C(=O)CC2. The first-order valence-electron chi connectivity index (χ1n) is 7.39. The molecule has 0 saturated carbocycles. The van der Waals surface area contributed by atoms with Crippen LogP contribution in [0.1, 0.15) is 30.4 Å². The van der Waals surface area contributed by atoms with E-state index in [2.05, 4.69) is 0 Å². The second kappa shape index (κ2) is 5.91. The summed E-state index contributed by atoms with van der Waals surface area (Å²) >= 11 is 0. The van der Waals surface area contributed by atoms with Gasteiger partial charge in [-0.15, -0.1) is 0 Å². The Morgan fingerprint density at radius 1 is 1.04 bits per heavy atom. The standard InChI is InChI=1S/C18H18O5/c1-21-12-7-10-6-11(18(20)23-3)8-14-13(4-5-15(14)19)17(10)16(9-12)22-2/h6-7,9H,4-5,8H2,1-3H3. The summed E-state index contributed by atoms with van der Waals surface area (Å²) in [6.07, 6.45) is 3.18. The van der Waals surface area contributed by atoms with Gasteiger partial charge in [-0.2, -0.15) is 0 Å². The number of hydrogen-bond acceptors (Lipinski definition) is 5. The van der Waals surface area contributed by atoms with E-state index in [0.29, 0.717) is 41.9 Å². The highest BCUT2D eigenvalue weighted by Gasteiger charge is 2.32. The zero-order chi connectivity index (χ0) is 16.6. The zero-order valence-corrected chi connectivity index (χ0v) is 13.4. The minimum absolute atomic E-state index is 0.0838. The molecule has 3 rings (SSSR count). The number of methoxy groups -OCH3 is 3. The van der Waals surface area contributed by atoms with Crippen molar-refractivity contribution in [2.24, 2.45) is 0 Å². The molecule has 120 valence electrons. The molecule has 0 fully saturated rings. The van der Waals surface area contributed by atoms with E-state index in [1.165, 1.54) is 7.11 Å². The van der Waals surface area contributed by atoms with Gasteiger partial charge < -0.3 is 14.2 Å². The number of ether oxygens (including phenoxy) is 3. The summed E-state index contributed by atoms with van der Waals surface area (Å²) in [6, 6.07) is 3.64. The Labute approximate surface area is 134 Å². The van der Waals surface area contributed by atoms with Gasteiger partial charge in [-0.3, -0.25) is 4.79 Å². The van der Waals surface area contributed by atoms with Crippen LogP contribution in [0.15, 0.2) is 23.3 Å². The number of rotatable bonds is 3. The van der Waals surface area contributed by atoms with Gasteiger partial charge in [0.15, 0.2) is 5.78 Å². The number of Topliss-reactive ketones (excluding diaryl/α,β-unsaturated/α-hetero) is 1. The number of carbonyl (C=O) groups is 2. The number of allylic oxidation sites excluding steroid dienone is 2. The first-order valence-corrected chi connectivity index (χ1v) is 7.39. The first kappa shape index (κ1) is 15.3. The van der Waals surface area contributed by atoms with Crippen LogP contribution in [0.25, 0.3) is 11.6 Å². The third-order valence-electron chi connectivity index (χ3n) is 4.31. The molecule has 2 aliphatic rings. The second-order valence-corrected chi connectivity index (χ2v) is 5.51. The molecule has 1 aromatic carbocycles. The van der Waals surface area contributed by atoms with Crippen LogP contribution < -0.4 is 9.47 Å². The number of ketones is 1. The van der Waals surface area contributed by atoms with Crippen LogP contribution in [0.3, 0.4) is 0 Å². The maximum Gasteiger partial charge on any atom is 0.334 e.